The third-order valence-electron chi connectivity index (χ3n) is 1.08. The van der Waals surface area contributed by atoms with Crippen LogP contribution in [0.2, 0.25) is 0 Å². The van der Waals surface area contributed by atoms with Gasteiger partial charge >= 0.3 is 0 Å². The molecule has 0 aromatic carbocycles. The molecule has 0 saturated carbocycles. The molecular formula is C7H12NO. The van der Waals surface area contributed by atoms with Gasteiger partial charge in [-0.25, -0.2) is 4.79 Å². The Labute approximate surface area is 55.7 Å². The second-order valence-corrected chi connectivity index (χ2v) is 1.96. The molecule has 0 aliphatic heterocycles. The lowest BCUT2D eigenvalue weighted by molar-refractivity contribution is 0.565. The van der Waals surface area contributed by atoms with E-state index in [1.54, 1.807) is 5.94 Å². The van der Waals surface area contributed by atoms with Crippen LogP contribution >= 0.6 is 0 Å². The lowest BCUT2D eigenvalue weighted by atomic mass is 10.1. The van der Waals surface area contributed by atoms with Crippen molar-refractivity contribution in [3.8, 4) is 0 Å². The SMILES string of the molecule is [CH2]CCC(N)CC=C=O. The topological polar surface area (TPSA) is 43.1 Å². The van der Waals surface area contributed by atoms with Crippen molar-refractivity contribution in [2.45, 2.75) is 25.3 Å². The number of carbonyl (C=O) groups excluding carboxylic acids is 1. The molecule has 2 nitrogen and oxygen atoms in total. The fraction of sp³-hybridized carbons (Fsp3) is 0.571. The van der Waals surface area contributed by atoms with E-state index in [0.29, 0.717) is 6.42 Å². The Hall–Kier alpha value is -0.590. The largest absolute Gasteiger partial charge is 0.327 e. The molecule has 9 heavy (non-hydrogen) atoms. The number of nitrogens with two attached hydrogens (primary N) is 1. The normalized spacial score (nSPS) is 12.2. The molecule has 1 atom stereocenters. The summed E-state index contributed by atoms with van der Waals surface area (Å²) < 4.78 is 0. The molecule has 1 radical (unpaired) electrons. The van der Waals surface area contributed by atoms with Gasteiger partial charge in [0.25, 0.3) is 0 Å². The quantitative estimate of drug-likeness (QED) is 0.563. The van der Waals surface area contributed by atoms with E-state index < -0.39 is 0 Å². The van der Waals surface area contributed by atoms with Gasteiger partial charge in [-0.1, -0.05) is 13.3 Å². The van der Waals surface area contributed by atoms with Crippen molar-refractivity contribution < 1.29 is 4.79 Å². The van der Waals surface area contributed by atoms with E-state index in [0.717, 1.165) is 12.8 Å². The minimum atomic E-state index is 0.0870. The highest BCUT2D eigenvalue weighted by molar-refractivity contribution is 5.44. The fourth-order valence-electron chi connectivity index (χ4n) is 0.580. The van der Waals surface area contributed by atoms with Crippen molar-refractivity contribution in [1.29, 1.82) is 0 Å². The first-order valence-corrected chi connectivity index (χ1v) is 3.05. The Morgan fingerprint density at radius 2 is 2.44 bits per heavy atom. The molecule has 0 fully saturated rings. The lowest BCUT2D eigenvalue weighted by Gasteiger charge is -2.03. The summed E-state index contributed by atoms with van der Waals surface area (Å²) in [7, 11) is 0. The summed E-state index contributed by atoms with van der Waals surface area (Å²) >= 11 is 0. The van der Waals surface area contributed by atoms with Gasteiger partial charge in [0.15, 0.2) is 0 Å². The van der Waals surface area contributed by atoms with Crippen molar-refractivity contribution in [2.24, 2.45) is 5.73 Å². The summed E-state index contributed by atoms with van der Waals surface area (Å²) in [5, 5.41) is 0. The van der Waals surface area contributed by atoms with E-state index in [1.165, 1.54) is 6.08 Å². The molecule has 0 heterocycles. The zero-order valence-corrected chi connectivity index (χ0v) is 5.47. The molecule has 2 N–H and O–H groups in total. The second kappa shape index (κ2) is 5.54. The zero-order valence-electron chi connectivity index (χ0n) is 5.47. The van der Waals surface area contributed by atoms with Crippen molar-refractivity contribution >= 4 is 5.94 Å². The average molecular weight is 126 g/mol. The summed E-state index contributed by atoms with van der Waals surface area (Å²) in [4.78, 5) is 9.66. The average Bonchev–Trinajstić information content (AvgIpc) is 1.85. The van der Waals surface area contributed by atoms with Gasteiger partial charge in [0.1, 0.15) is 5.94 Å². The van der Waals surface area contributed by atoms with Gasteiger partial charge in [-0.2, -0.15) is 0 Å². The predicted octanol–water partition coefficient (Wildman–Crippen LogP) is 0.706. The van der Waals surface area contributed by atoms with Gasteiger partial charge in [0.05, 0.1) is 0 Å². The highest BCUT2D eigenvalue weighted by atomic mass is 16.1. The molecule has 0 bridgehead atoms. The van der Waals surface area contributed by atoms with Crippen molar-refractivity contribution in [3.63, 3.8) is 0 Å². The Kier molecular flexibility index (Phi) is 5.18. The van der Waals surface area contributed by atoms with E-state index in [2.05, 4.69) is 6.92 Å². The Bertz CT molecular complexity index is 105. The Balaban J connectivity index is 3.25. The van der Waals surface area contributed by atoms with Crippen LogP contribution in [0.3, 0.4) is 0 Å². The summed E-state index contributed by atoms with van der Waals surface area (Å²) in [6.07, 6.45) is 3.74. The van der Waals surface area contributed by atoms with Crippen LogP contribution in [0.4, 0.5) is 0 Å². The first kappa shape index (κ1) is 8.41. The van der Waals surface area contributed by atoms with Gasteiger partial charge in [0, 0.05) is 12.1 Å². The van der Waals surface area contributed by atoms with Crippen LogP contribution < -0.4 is 5.73 Å². The summed E-state index contributed by atoms with van der Waals surface area (Å²) in [6, 6.07) is 0.0870. The van der Waals surface area contributed by atoms with Crippen LogP contribution in [0.5, 0.6) is 0 Å². The molecule has 0 saturated heterocycles. The molecule has 0 aromatic rings. The van der Waals surface area contributed by atoms with E-state index in [9.17, 15) is 4.79 Å². The Morgan fingerprint density at radius 1 is 1.78 bits per heavy atom. The van der Waals surface area contributed by atoms with Crippen LogP contribution in [0, 0.1) is 6.92 Å². The number of hydrogen-bond donors (Lipinski definition) is 1. The van der Waals surface area contributed by atoms with Crippen LogP contribution in [0.15, 0.2) is 6.08 Å². The lowest BCUT2D eigenvalue weighted by Crippen LogP contribution is -2.18. The number of hydrogen-bond acceptors (Lipinski definition) is 2. The van der Waals surface area contributed by atoms with E-state index in [1.807, 2.05) is 0 Å². The standard InChI is InChI=1S/C7H12NO/c1-2-4-7(8)5-3-6-9/h3,7H,1-2,4-5,8H2. The van der Waals surface area contributed by atoms with Crippen molar-refractivity contribution in [2.75, 3.05) is 0 Å². The van der Waals surface area contributed by atoms with Gasteiger partial charge in [-0.15, -0.1) is 0 Å². The van der Waals surface area contributed by atoms with Crippen molar-refractivity contribution in [3.05, 3.63) is 13.0 Å². The smallest absolute Gasteiger partial charge is 0.120 e. The first-order valence-electron chi connectivity index (χ1n) is 3.05. The minimum Gasteiger partial charge on any atom is -0.327 e. The summed E-state index contributed by atoms with van der Waals surface area (Å²) in [5.74, 6) is 1.68. The third-order valence-corrected chi connectivity index (χ3v) is 1.08. The molecule has 0 aromatic heterocycles. The summed E-state index contributed by atoms with van der Waals surface area (Å²) in [6.45, 7) is 3.64. The molecule has 0 aliphatic carbocycles. The highest BCUT2D eigenvalue weighted by Gasteiger charge is 1.95. The molecule has 0 spiro atoms. The molecule has 0 amide bonds. The molecule has 0 aliphatic rings. The molecular weight excluding hydrogens is 114 g/mol. The maximum absolute atomic E-state index is 9.66. The van der Waals surface area contributed by atoms with E-state index in [-0.39, 0.29) is 6.04 Å². The van der Waals surface area contributed by atoms with Crippen LogP contribution in [0.1, 0.15) is 19.3 Å². The van der Waals surface area contributed by atoms with Gasteiger partial charge in [-0.05, 0) is 12.8 Å². The van der Waals surface area contributed by atoms with Crippen molar-refractivity contribution in [1.82, 2.24) is 0 Å². The zero-order chi connectivity index (χ0) is 7.11. The minimum absolute atomic E-state index is 0.0870. The predicted molar refractivity (Wildman–Crippen MR) is 37.4 cm³/mol. The first-order chi connectivity index (χ1) is 4.31. The van der Waals surface area contributed by atoms with Crippen LogP contribution in [-0.4, -0.2) is 12.0 Å². The molecule has 0 rings (SSSR count). The maximum atomic E-state index is 9.66. The highest BCUT2D eigenvalue weighted by Crippen LogP contribution is 1.96. The fourth-order valence-corrected chi connectivity index (χ4v) is 0.580. The number of rotatable bonds is 4. The Morgan fingerprint density at radius 3 is 2.89 bits per heavy atom. The third kappa shape index (κ3) is 5.28. The van der Waals surface area contributed by atoms with E-state index >= 15 is 0 Å². The summed E-state index contributed by atoms with van der Waals surface area (Å²) in [5.41, 5.74) is 5.52. The monoisotopic (exact) mass is 126 g/mol. The molecule has 2 heteroatoms. The molecule has 1 unspecified atom stereocenters. The van der Waals surface area contributed by atoms with Gasteiger partial charge < -0.3 is 5.73 Å². The van der Waals surface area contributed by atoms with Gasteiger partial charge in [-0.3, -0.25) is 0 Å². The van der Waals surface area contributed by atoms with Crippen LogP contribution in [0.25, 0.3) is 0 Å². The maximum Gasteiger partial charge on any atom is 0.120 e. The van der Waals surface area contributed by atoms with Crippen LogP contribution in [-0.2, 0) is 4.79 Å². The van der Waals surface area contributed by atoms with Gasteiger partial charge in [0.2, 0.25) is 0 Å². The molecule has 51 valence electrons. The van der Waals surface area contributed by atoms with E-state index in [4.69, 9.17) is 5.73 Å². The second-order valence-electron chi connectivity index (χ2n) is 1.96.